The van der Waals surface area contributed by atoms with Gasteiger partial charge < -0.3 is 24.4 Å². The highest BCUT2D eigenvalue weighted by atomic mass is 35.5. The van der Waals surface area contributed by atoms with Crippen LogP contribution in [0.5, 0.6) is 0 Å². The van der Waals surface area contributed by atoms with Crippen LogP contribution in [0.15, 0.2) is 48.6 Å². The number of nitrogens with zero attached hydrogens (tertiary/aromatic N) is 2. The van der Waals surface area contributed by atoms with Gasteiger partial charge in [0, 0.05) is 6.54 Å². The van der Waals surface area contributed by atoms with Crippen LogP contribution in [0.25, 0.3) is 0 Å². The van der Waals surface area contributed by atoms with Crippen molar-refractivity contribution in [2.24, 2.45) is 17.8 Å². The van der Waals surface area contributed by atoms with E-state index in [1.165, 1.54) is 4.90 Å². The van der Waals surface area contributed by atoms with Gasteiger partial charge in [-0.05, 0) is 37.8 Å². The summed E-state index contributed by atoms with van der Waals surface area (Å²) in [6.45, 7) is 5.68. The molecule has 4 aliphatic rings. The maximum atomic E-state index is 14.4. The van der Waals surface area contributed by atoms with E-state index in [0.717, 1.165) is 0 Å². The molecule has 0 aromatic heterocycles. The molecular formula is C28H33ClN2O6. The molecule has 1 spiro atoms. The van der Waals surface area contributed by atoms with Crippen LogP contribution in [0.2, 0.25) is 5.02 Å². The molecule has 1 unspecified atom stereocenters. The third kappa shape index (κ3) is 3.92. The number of ether oxygens (including phenoxy) is 2. The van der Waals surface area contributed by atoms with Crippen molar-refractivity contribution in [2.45, 2.75) is 56.9 Å². The van der Waals surface area contributed by atoms with Crippen molar-refractivity contribution in [1.29, 1.82) is 0 Å². The van der Waals surface area contributed by atoms with E-state index in [9.17, 15) is 19.5 Å². The smallest absolute Gasteiger partial charge is 0.313 e. The zero-order chi connectivity index (χ0) is 26.5. The molecule has 2 fully saturated rings. The number of anilines is 1. The molecule has 9 heteroatoms. The van der Waals surface area contributed by atoms with Gasteiger partial charge in [0.05, 0.1) is 41.5 Å². The first kappa shape index (κ1) is 25.9. The number of allylic oxidation sites excluding steroid dienone is 1. The second-order valence-electron chi connectivity index (χ2n) is 10.8. The average Bonchev–Trinajstić information content (AvgIpc) is 3.20. The minimum absolute atomic E-state index is 0.155. The fourth-order valence-corrected chi connectivity index (χ4v) is 6.68. The lowest BCUT2D eigenvalue weighted by Gasteiger charge is -2.41. The van der Waals surface area contributed by atoms with Gasteiger partial charge in [0.1, 0.15) is 17.6 Å². The second-order valence-corrected chi connectivity index (χ2v) is 11.2. The lowest BCUT2D eigenvalue weighted by atomic mass is 9.74. The van der Waals surface area contributed by atoms with Crippen LogP contribution in [-0.2, 0) is 23.9 Å². The highest BCUT2D eigenvalue weighted by molar-refractivity contribution is 6.34. The monoisotopic (exact) mass is 528 g/mol. The minimum Gasteiger partial charge on any atom is -0.465 e. The fraction of sp³-hybridized carbons (Fsp3) is 0.536. The molecule has 8 nitrogen and oxygen atoms in total. The molecule has 0 aliphatic carbocycles. The van der Waals surface area contributed by atoms with Crippen molar-refractivity contribution in [2.75, 3.05) is 24.7 Å². The van der Waals surface area contributed by atoms with E-state index in [4.69, 9.17) is 21.1 Å². The molecule has 1 N–H and O–H groups in total. The Hall–Kier alpha value is -2.68. The number of amides is 2. The highest BCUT2D eigenvalue weighted by Gasteiger charge is 2.75. The van der Waals surface area contributed by atoms with E-state index in [0.29, 0.717) is 23.6 Å². The van der Waals surface area contributed by atoms with Gasteiger partial charge in [0.15, 0.2) is 0 Å². The van der Waals surface area contributed by atoms with Crippen LogP contribution in [0, 0.1) is 17.8 Å². The lowest BCUT2D eigenvalue weighted by molar-refractivity contribution is -0.160. The molecular weight excluding hydrogens is 496 g/mol. The molecule has 4 heterocycles. The molecule has 4 aliphatic heterocycles. The second kappa shape index (κ2) is 9.57. The summed E-state index contributed by atoms with van der Waals surface area (Å²) in [6.07, 6.45) is 8.75. The first-order valence-electron chi connectivity index (χ1n) is 12.9. The Balaban J connectivity index is 1.70. The highest BCUT2D eigenvalue weighted by Crippen LogP contribution is 2.58. The number of aliphatic hydroxyl groups is 1. The zero-order valence-corrected chi connectivity index (χ0v) is 22.1. The minimum atomic E-state index is -1.42. The lowest BCUT2D eigenvalue weighted by Crippen LogP contribution is -2.59. The molecule has 1 aromatic rings. The Bertz CT molecular complexity index is 1170. The van der Waals surface area contributed by atoms with Crippen molar-refractivity contribution in [1.82, 2.24) is 4.90 Å². The van der Waals surface area contributed by atoms with Crippen LogP contribution in [0.3, 0.4) is 0 Å². The summed E-state index contributed by atoms with van der Waals surface area (Å²) in [7, 11) is 0. The van der Waals surface area contributed by atoms with Crippen LogP contribution >= 0.6 is 11.6 Å². The van der Waals surface area contributed by atoms with Gasteiger partial charge in [-0.3, -0.25) is 14.4 Å². The summed E-state index contributed by atoms with van der Waals surface area (Å²) >= 11 is 6.49. The number of cyclic esters (lactones) is 1. The van der Waals surface area contributed by atoms with E-state index in [1.807, 2.05) is 26.0 Å². The summed E-state index contributed by atoms with van der Waals surface area (Å²) in [5, 5.41) is 10.8. The van der Waals surface area contributed by atoms with Gasteiger partial charge in [-0.2, -0.15) is 0 Å². The van der Waals surface area contributed by atoms with E-state index < -0.39 is 47.0 Å². The van der Waals surface area contributed by atoms with Crippen LogP contribution in [-0.4, -0.2) is 70.8 Å². The number of likely N-dealkylation sites (tertiary alicyclic amines) is 1. The molecule has 2 amide bonds. The zero-order valence-electron chi connectivity index (χ0n) is 21.3. The first-order valence-corrected chi connectivity index (χ1v) is 13.2. The predicted octanol–water partition coefficient (Wildman–Crippen LogP) is 3.12. The summed E-state index contributed by atoms with van der Waals surface area (Å²) in [6, 6.07) is 5.28. The Labute approximate surface area is 221 Å². The van der Waals surface area contributed by atoms with Crippen molar-refractivity contribution < 1.29 is 29.0 Å². The van der Waals surface area contributed by atoms with Crippen LogP contribution in [0.1, 0.15) is 33.6 Å². The molecule has 6 atom stereocenters. The number of halogens is 1. The number of esters is 1. The normalized spacial score (nSPS) is 35.2. The molecule has 5 rings (SSSR count). The number of hydrogen-bond acceptors (Lipinski definition) is 6. The van der Waals surface area contributed by atoms with Gasteiger partial charge in [-0.25, -0.2) is 0 Å². The third-order valence-electron chi connectivity index (χ3n) is 8.15. The topological polar surface area (TPSA) is 96.4 Å². The maximum absolute atomic E-state index is 14.4. The molecule has 0 saturated carbocycles. The van der Waals surface area contributed by atoms with Crippen LogP contribution in [0.4, 0.5) is 5.69 Å². The van der Waals surface area contributed by atoms with Gasteiger partial charge in [0.25, 0.3) is 5.91 Å². The van der Waals surface area contributed by atoms with E-state index in [1.54, 1.807) is 48.2 Å². The number of carbonyl (C=O) groups is 3. The summed E-state index contributed by atoms with van der Waals surface area (Å²) < 4.78 is 12.4. The van der Waals surface area contributed by atoms with Crippen molar-refractivity contribution in [3.05, 3.63) is 53.6 Å². The van der Waals surface area contributed by atoms with E-state index in [-0.39, 0.29) is 31.6 Å². The van der Waals surface area contributed by atoms with Gasteiger partial charge in [-0.1, -0.05) is 61.9 Å². The quantitative estimate of drug-likeness (QED) is 0.476. The van der Waals surface area contributed by atoms with Gasteiger partial charge in [0.2, 0.25) is 5.91 Å². The number of para-hydroxylation sites is 1. The summed E-state index contributed by atoms with van der Waals surface area (Å²) in [5.41, 5.74) is -2.06. The molecule has 1 aromatic carbocycles. The number of hydrogen-bond donors (Lipinski definition) is 1. The third-order valence-corrected chi connectivity index (χ3v) is 8.46. The number of rotatable bonds is 4. The first-order chi connectivity index (χ1) is 17.7. The molecule has 0 bridgehead atoms. The SMILES string of the molecule is CC(C)[C@H](CO)N1C(=O)[C@@H]2[C@H]3C(=O)OCCC/C=C\[C@@]3(C)O[C@@]23C=CCN(c2ccccc2Cl)C(=O)C13. The largest absolute Gasteiger partial charge is 0.465 e. The average molecular weight is 529 g/mol. The molecule has 198 valence electrons. The van der Waals surface area contributed by atoms with Crippen molar-refractivity contribution in [3.63, 3.8) is 0 Å². The summed E-state index contributed by atoms with van der Waals surface area (Å²) in [5.74, 6) is -3.37. The molecule has 2 saturated heterocycles. The summed E-state index contributed by atoms with van der Waals surface area (Å²) in [4.78, 5) is 45.2. The van der Waals surface area contributed by atoms with Crippen molar-refractivity contribution in [3.8, 4) is 0 Å². The fourth-order valence-electron chi connectivity index (χ4n) is 6.44. The molecule has 0 radical (unpaired) electrons. The predicted molar refractivity (Wildman–Crippen MR) is 138 cm³/mol. The Morgan fingerprint density at radius 2 is 1.86 bits per heavy atom. The number of benzene rings is 1. The van der Waals surface area contributed by atoms with Gasteiger partial charge in [-0.15, -0.1) is 0 Å². The number of carbonyl (C=O) groups excluding carboxylic acids is 3. The van der Waals surface area contributed by atoms with E-state index in [2.05, 4.69) is 0 Å². The van der Waals surface area contributed by atoms with Crippen LogP contribution < -0.4 is 4.90 Å². The number of fused-ring (bicyclic) bond motifs is 2. The standard InChI is InChI=1S/C28H33ClN2O6/c1-17(2)20(16-32)31-23-25(34)30(19-11-6-5-10-18(19)29)14-9-13-28(23)21(24(31)33)22-26(35)36-15-8-4-7-12-27(22,3)37-28/h5-7,9-13,17,20-23,32H,4,8,14-16H2,1-3H3/b12-7-/t20-,21-,22-,23?,27+,28-/m0/s1. The Kier molecular flexibility index (Phi) is 6.71. The van der Waals surface area contributed by atoms with E-state index >= 15 is 0 Å². The van der Waals surface area contributed by atoms with Gasteiger partial charge >= 0.3 is 5.97 Å². The Morgan fingerprint density at radius 1 is 1.11 bits per heavy atom. The number of aliphatic hydroxyl groups excluding tert-OH is 1. The molecule has 37 heavy (non-hydrogen) atoms. The Morgan fingerprint density at radius 3 is 2.57 bits per heavy atom. The van der Waals surface area contributed by atoms with Crippen molar-refractivity contribution >= 4 is 35.1 Å². The maximum Gasteiger partial charge on any atom is 0.313 e.